The van der Waals surface area contributed by atoms with Gasteiger partial charge in [-0.15, -0.1) is 24.0 Å². The Balaban J connectivity index is 0.00000144. The SMILES string of the molecule is CC1CCCN(C(N)=N[C@H]2C[C@@H]2C(F)F)C1.I. The van der Waals surface area contributed by atoms with Gasteiger partial charge in [0.15, 0.2) is 5.96 Å². The largest absolute Gasteiger partial charge is 0.370 e. The van der Waals surface area contributed by atoms with E-state index < -0.39 is 12.3 Å². The Morgan fingerprint density at radius 3 is 2.71 bits per heavy atom. The molecule has 100 valence electrons. The Labute approximate surface area is 118 Å². The van der Waals surface area contributed by atoms with Crippen molar-refractivity contribution >= 4 is 29.9 Å². The van der Waals surface area contributed by atoms with Crippen LogP contribution in [0.4, 0.5) is 8.78 Å². The van der Waals surface area contributed by atoms with E-state index in [1.807, 2.05) is 4.90 Å². The number of likely N-dealkylation sites (tertiary alicyclic amines) is 1. The number of hydrogen-bond donors (Lipinski definition) is 1. The van der Waals surface area contributed by atoms with E-state index in [1.165, 1.54) is 6.42 Å². The Bertz CT molecular complexity index is 286. The fourth-order valence-corrected chi connectivity index (χ4v) is 2.27. The van der Waals surface area contributed by atoms with E-state index in [2.05, 4.69) is 11.9 Å². The molecule has 2 N–H and O–H groups in total. The Morgan fingerprint density at radius 1 is 1.47 bits per heavy atom. The maximum atomic E-state index is 12.3. The van der Waals surface area contributed by atoms with Gasteiger partial charge in [-0.05, 0) is 25.2 Å². The molecule has 1 saturated heterocycles. The van der Waals surface area contributed by atoms with Crippen LogP contribution in [0.15, 0.2) is 4.99 Å². The minimum absolute atomic E-state index is 0. The van der Waals surface area contributed by atoms with Crippen molar-refractivity contribution in [3.05, 3.63) is 0 Å². The van der Waals surface area contributed by atoms with E-state index in [9.17, 15) is 8.78 Å². The number of piperidine rings is 1. The maximum absolute atomic E-state index is 12.3. The van der Waals surface area contributed by atoms with Crippen molar-refractivity contribution < 1.29 is 8.78 Å². The van der Waals surface area contributed by atoms with Gasteiger partial charge in [-0.3, -0.25) is 0 Å². The maximum Gasteiger partial charge on any atom is 0.243 e. The zero-order valence-electron chi connectivity index (χ0n) is 9.98. The van der Waals surface area contributed by atoms with Crippen molar-refractivity contribution in [2.24, 2.45) is 22.6 Å². The topological polar surface area (TPSA) is 41.6 Å². The van der Waals surface area contributed by atoms with E-state index in [4.69, 9.17) is 5.73 Å². The first-order chi connectivity index (χ1) is 7.58. The average Bonchev–Trinajstić information content (AvgIpc) is 2.97. The normalized spacial score (nSPS) is 33.5. The van der Waals surface area contributed by atoms with Gasteiger partial charge in [0, 0.05) is 19.0 Å². The lowest BCUT2D eigenvalue weighted by molar-refractivity contribution is 0.120. The molecular formula is C11H20F2IN3. The van der Waals surface area contributed by atoms with Gasteiger partial charge in [-0.1, -0.05) is 6.92 Å². The highest BCUT2D eigenvalue weighted by molar-refractivity contribution is 14.0. The van der Waals surface area contributed by atoms with Crippen LogP contribution in [-0.4, -0.2) is 36.4 Å². The molecule has 0 aromatic carbocycles. The number of nitrogens with zero attached hydrogens (tertiary/aromatic N) is 2. The van der Waals surface area contributed by atoms with Crippen molar-refractivity contribution in [2.45, 2.75) is 38.7 Å². The third kappa shape index (κ3) is 3.93. The second kappa shape index (κ2) is 6.15. The van der Waals surface area contributed by atoms with Crippen LogP contribution in [0.25, 0.3) is 0 Å². The molecule has 0 aromatic rings. The molecule has 1 saturated carbocycles. The fourth-order valence-electron chi connectivity index (χ4n) is 2.27. The molecule has 1 aliphatic heterocycles. The van der Waals surface area contributed by atoms with Crippen molar-refractivity contribution in [2.75, 3.05) is 13.1 Å². The van der Waals surface area contributed by atoms with Crippen LogP contribution < -0.4 is 5.73 Å². The van der Waals surface area contributed by atoms with E-state index in [0.29, 0.717) is 18.3 Å². The van der Waals surface area contributed by atoms with E-state index in [-0.39, 0.29) is 30.0 Å². The lowest BCUT2D eigenvalue weighted by Gasteiger charge is -2.31. The van der Waals surface area contributed by atoms with Gasteiger partial charge in [-0.2, -0.15) is 0 Å². The van der Waals surface area contributed by atoms with Gasteiger partial charge in [0.1, 0.15) is 0 Å². The summed E-state index contributed by atoms with van der Waals surface area (Å²) in [5, 5.41) is 0. The first-order valence-corrected chi connectivity index (χ1v) is 5.94. The van der Waals surface area contributed by atoms with Gasteiger partial charge in [-0.25, -0.2) is 13.8 Å². The molecule has 2 rings (SSSR count). The molecule has 0 radical (unpaired) electrons. The van der Waals surface area contributed by atoms with Gasteiger partial charge in [0.05, 0.1) is 6.04 Å². The molecule has 3 atom stereocenters. The molecule has 0 aromatic heterocycles. The van der Waals surface area contributed by atoms with Crippen molar-refractivity contribution in [3.63, 3.8) is 0 Å². The summed E-state index contributed by atoms with van der Waals surface area (Å²) in [6, 6.07) is -0.239. The summed E-state index contributed by atoms with van der Waals surface area (Å²) in [5.74, 6) is 0.521. The molecule has 0 bridgehead atoms. The number of guanidine groups is 1. The number of alkyl halides is 2. The predicted octanol–water partition coefficient (Wildman–Crippen LogP) is 2.30. The molecule has 1 heterocycles. The van der Waals surface area contributed by atoms with Crippen molar-refractivity contribution in [1.82, 2.24) is 4.90 Å². The Morgan fingerprint density at radius 2 is 2.18 bits per heavy atom. The lowest BCUT2D eigenvalue weighted by atomic mass is 10.0. The highest BCUT2D eigenvalue weighted by Crippen LogP contribution is 2.39. The zero-order valence-corrected chi connectivity index (χ0v) is 12.3. The van der Waals surface area contributed by atoms with Gasteiger partial charge in [0.2, 0.25) is 6.43 Å². The van der Waals surface area contributed by atoms with E-state index in [0.717, 1.165) is 19.5 Å². The second-order valence-corrected chi connectivity index (χ2v) is 4.98. The van der Waals surface area contributed by atoms with E-state index >= 15 is 0 Å². The van der Waals surface area contributed by atoms with Crippen LogP contribution in [0.2, 0.25) is 0 Å². The first-order valence-electron chi connectivity index (χ1n) is 5.94. The van der Waals surface area contributed by atoms with Crippen LogP contribution in [0.1, 0.15) is 26.2 Å². The summed E-state index contributed by atoms with van der Waals surface area (Å²) in [7, 11) is 0. The summed E-state index contributed by atoms with van der Waals surface area (Å²) in [6.07, 6.45) is 0.566. The molecule has 0 spiro atoms. The standard InChI is InChI=1S/C11H19F2N3.HI/c1-7-3-2-4-16(6-7)11(14)15-9-5-8(9)10(12)13;/h7-10H,2-6H2,1H3,(H2,14,15);1H/t7?,8-,9-;/m0./s1. The van der Waals surface area contributed by atoms with E-state index in [1.54, 1.807) is 0 Å². The molecule has 2 fully saturated rings. The minimum atomic E-state index is -2.25. The molecule has 6 heteroatoms. The molecule has 2 aliphatic rings. The quantitative estimate of drug-likeness (QED) is 0.467. The number of halogens is 3. The summed E-state index contributed by atoms with van der Waals surface area (Å²) in [4.78, 5) is 6.21. The molecule has 1 aliphatic carbocycles. The Kier molecular flexibility index (Phi) is 5.40. The molecule has 3 nitrogen and oxygen atoms in total. The number of nitrogens with two attached hydrogens (primary N) is 1. The summed E-state index contributed by atoms with van der Waals surface area (Å²) in [5.41, 5.74) is 5.84. The van der Waals surface area contributed by atoms with Gasteiger partial charge < -0.3 is 10.6 Å². The summed E-state index contributed by atoms with van der Waals surface area (Å²) in [6.45, 7) is 3.99. The van der Waals surface area contributed by atoms with Crippen LogP contribution >= 0.6 is 24.0 Å². The van der Waals surface area contributed by atoms with Crippen LogP contribution in [0.3, 0.4) is 0 Å². The lowest BCUT2D eigenvalue weighted by Crippen LogP contribution is -2.43. The van der Waals surface area contributed by atoms with Crippen LogP contribution in [-0.2, 0) is 0 Å². The van der Waals surface area contributed by atoms with Crippen molar-refractivity contribution in [3.8, 4) is 0 Å². The highest BCUT2D eigenvalue weighted by atomic mass is 127. The number of hydrogen-bond acceptors (Lipinski definition) is 1. The minimum Gasteiger partial charge on any atom is -0.370 e. The van der Waals surface area contributed by atoms with Crippen molar-refractivity contribution in [1.29, 1.82) is 0 Å². The third-order valence-electron chi connectivity index (χ3n) is 3.41. The highest BCUT2D eigenvalue weighted by Gasteiger charge is 2.44. The number of aliphatic imine (C=N–C) groups is 1. The first kappa shape index (κ1) is 14.9. The average molecular weight is 359 g/mol. The van der Waals surface area contributed by atoms with Gasteiger partial charge in [0.25, 0.3) is 0 Å². The third-order valence-corrected chi connectivity index (χ3v) is 3.41. The number of rotatable bonds is 2. The summed E-state index contributed by atoms with van der Waals surface area (Å²) >= 11 is 0. The Hall–Kier alpha value is -0.140. The molecule has 17 heavy (non-hydrogen) atoms. The van der Waals surface area contributed by atoms with Crippen LogP contribution in [0.5, 0.6) is 0 Å². The predicted molar refractivity (Wildman–Crippen MR) is 74.9 cm³/mol. The molecular weight excluding hydrogens is 339 g/mol. The molecule has 1 unspecified atom stereocenters. The smallest absolute Gasteiger partial charge is 0.243 e. The van der Waals surface area contributed by atoms with Gasteiger partial charge >= 0.3 is 0 Å². The van der Waals surface area contributed by atoms with Crippen LogP contribution in [0, 0.1) is 11.8 Å². The monoisotopic (exact) mass is 359 g/mol. The second-order valence-electron chi connectivity index (χ2n) is 4.98. The zero-order chi connectivity index (χ0) is 11.7. The summed E-state index contributed by atoms with van der Waals surface area (Å²) < 4.78 is 24.6. The fraction of sp³-hybridized carbons (Fsp3) is 0.909. The molecule has 0 amide bonds.